The second-order valence-corrected chi connectivity index (χ2v) is 17.3. The summed E-state index contributed by atoms with van der Waals surface area (Å²) in [5.74, 6) is 0.688. The number of ether oxygens (including phenoxy) is 1. The number of ketones is 1. The Morgan fingerprint density at radius 2 is 1.61 bits per heavy atom. The van der Waals surface area contributed by atoms with Crippen LogP contribution in [0.25, 0.3) is 0 Å². The summed E-state index contributed by atoms with van der Waals surface area (Å²) in [6.07, 6.45) is 11.2. The number of amides is 1. The Morgan fingerprint density at radius 3 is 2.24 bits per heavy atom. The highest BCUT2D eigenvalue weighted by molar-refractivity contribution is 6.04. The van der Waals surface area contributed by atoms with E-state index in [1.165, 1.54) is 5.57 Å². The summed E-state index contributed by atoms with van der Waals surface area (Å²) >= 11 is 0. The van der Waals surface area contributed by atoms with E-state index >= 15 is 0 Å². The van der Waals surface area contributed by atoms with E-state index in [1.54, 1.807) is 7.11 Å². The SMILES string of the molecule is COC(=O)C12CCC(C)(C)CC1C1=CCC3C4(C)CC(C(=O)NCC(C)C)C(=O)C(C)(C)C4CCC3(C)C1(C)CC2. The second-order valence-electron chi connectivity index (χ2n) is 17.3. The Hall–Kier alpha value is -1.65. The summed E-state index contributed by atoms with van der Waals surface area (Å²) in [6.45, 7) is 21.2. The third kappa shape index (κ3) is 4.24. The van der Waals surface area contributed by atoms with Crippen LogP contribution < -0.4 is 5.32 Å². The summed E-state index contributed by atoms with van der Waals surface area (Å²) < 4.78 is 5.51. The van der Waals surface area contributed by atoms with Gasteiger partial charge in [0.15, 0.2) is 5.78 Å². The average molecular weight is 568 g/mol. The van der Waals surface area contributed by atoms with Gasteiger partial charge in [-0.3, -0.25) is 14.4 Å². The minimum absolute atomic E-state index is 0.00769. The van der Waals surface area contributed by atoms with Crippen molar-refractivity contribution in [3.63, 3.8) is 0 Å². The summed E-state index contributed by atoms with van der Waals surface area (Å²) in [6, 6.07) is 0. The molecule has 0 aromatic carbocycles. The van der Waals surface area contributed by atoms with Crippen molar-refractivity contribution in [1.82, 2.24) is 5.32 Å². The summed E-state index contributed by atoms with van der Waals surface area (Å²) in [7, 11) is 1.57. The van der Waals surface area contributed by atoms with Crippen LogP contribution in [0.1, 0.15) is 120 Å². The summed E-state index contributed by atoms with van der Waals surface area (Å²) in [5, 5.41) is 3.11. The topological polar surface area (TPSA) is 72.5 Å². The molecule has 1 N–H and O–H groups in total. The first-order valence-electron chi connectivity index (χ1n) is 16.5. The van der Waals surface area contributed by atoms with E-state index in [9.17, 15) is 14.4 Å². The van der Waals surface area contributed by atoms with E-state index in [0.29, 0.717) is 24.8 Å². The van der Waals surface area contributed by atoms with Crippen LogP contribution in [0.5, 0.6) is 0 Å². The summed E-state index contributed by atoms with van der Waals surface area (Å²) in [4.78, 5) is 40.9. The number of carbonyl (C=O) groups is 3. The number of esters is 1. The second kappa shape index (κ2) is 9.68. The molecule has 0 aromatic heterocycles. The van der Waals surface area contributed by atoms with Crippen molar-refractivity contribution in [2.45, 2.75) is 120 Å². The molecule has 0 saturated heterocycles. The van der Waals surface area contributed by atoms with Crippen molar-refractivity contribution in [3.8, 4) is 0 Å². The molecule has 0 heterocycles. The smallest absolute Gasteiger partial charge is 0.312 e. The molecular weight excluding hydrogens is 510 g/mol. The number of hydrogen-bond acceptors (Lipinski definition) is 4. The first-order valence-corrected chi connectivity index (χ1v) is 16.5. The van der Waals surface area contributed by atoms with Crippen molar-refractivity contribution < 1.29 is 19.1 Å². The third-order valence-corrected chi connectivity index (χ3v) is 14.0. The first kappa shape index (κ1) is 30.8. The molecule has 1 amide bonds. The van der Waals surface area contributed by atoms with Crippen LogP contribution in [0.2, 0.25) is 0 Å². The van der Waals surface area contributed by atoms with E-state index in [-0.39, 0.29) is 51.2 Å². The maximum atomic E-state index is 13.9. The zero-order valence-electron chi connectivity index (χ0n) is 27.7. The lowest BCUT2D eigenvalue weighted by Crippen LogP contribution is -2.66. The van der Waals surface area contributed by atoms with Crippen LogP contribution in [0.15, 0.2) is 11.6 Å². The van der Waals surface area contributed by atoms with Crippen LogP contribution in [-0.2, 0) is 19.1 Å². The first-order chi connectivity index (χ1) is 18.9. The van der Waals surface area contributed by atoms with Gasteiger partial charge in [-0.2, -0.15) is 0 Å². The molecule has 5 nitrogen and oxygen atoms in total. The number of allylic oxidation sites excluding steroid dienone is 2. The number of nitrogens with one attached hydrogen (secondary N) is 1. The van der Waals surface area contributed by atoms with Gasteiger partial charge in [-0.15, -0.1) is 0 Å². The standard InChI is InChI=1S/C36H57NO4/c1-22(2)21-37-29(39)23-19-33(7)26(32(5,6)28(23)38)13-14-35(9)27(33)12-11-24-25-20-31(3,4)15-17-36(25,30(40)41-10)18-16-34(24,35)8/h11,22-23,25-27H,12-21H2,1-10H3,(H,37,39). The molecule has 0 aromatic rings. The Balaban J connectivity index is 1.57. The van der Waals surface area contributed by atoms with Crippen LogP contribution >= 0.6 is 0 Å². The molecule has 0 bridgehead atoms. The van der Waals surface area contributed by atoms with Crippen molar-refractivity contribution in [3.05, 3.63) is 11.6 Å². The number of Topliss-reactive ketones (excluding diaryl/α,β-unsaturated/α-hetero) is 1. The zero-order chi connectivity index (χ0) is 30.4. The van der Waals surface area contributed by atoms with Gasteiger partial charge in [-0.25, -0.2) is 0 Å². The van der Waals surface area contributed by atoms with Crippen molar-refractivity contribution in [2.75, 3.05) is 13.7 Å². The fourth-order valence-electron chi connectivity index (χ4n) is 11.4. The van der Waals surface area contributed by atoms with Gasteiger partial charge >= 0.3 is 5.97 Å². The lowest BCUT2D eigenvalue weighted by molar-refractivity contribution is -0.196. The fraction of sp³-hybridized carbons (Fsp3) is 0.861. The van der Waals surface area contributed by atoms with Crippen LogP contribution in [0.3, 0.4) is 0 Å². The Morgan fingerprint density at radius 1 is 0.951 bits per heavy atom. The van der Waals surface area contributed by atoms with Gasteiger partial charge in [0, 0.05) is 12.0 Å². The number of hydrogen-bond donors (Lipinski definition) is 1. The molecule has 0 spiro atoms. The minimum Gasteiger partial charge on any atom is -0.469 e. The molecular formula is C36H57NO4. The number of methoxy groups -OCH3 is 1. The third-order valence-electron chi connectivity index (χ3n) is 14.0. The Labute approximate surface area is 249 Å². The summed E-state index contributed by atoms with van der Waals surface area (Å²) in [5.41, 5.74) is 0.699. The number of fused-ring (bicyclic) bond motifs is 7. The lowest BCUT2D eigenvalue weighted by Gasteiger charge is -2.71. The largest absolute Gasteiger partial charge is 0.469 e. The molecule has 230 valence electrons. The average Bonchev–Trinajstić information content (AvgIpc) is 2.89. The van der Waals surface area contributed by atoms with Gasteiger partial charge in [0.25, 0.3) is 0 Å². The normalized spacial score (nSPS) is 44.5. The molecule has 8 unspecified atom stereocenters. The molecule has 41 heavy (non-hydrogen) atoms. The van der Waals surface area contributed by atoms with Crippen molar-refractivity contribution in [2.24, 2.45) is 62.1 Å². The van der Waals surface area contributed by atoms with Gasteiger partial charge in [0.2, 0.25) is 5.91 Å². The van der Waals surface area contributed by atoms with Crippen LogP contribution in [-0.4, -0.2) is 31.3 Å². The molecule has 4 fully saturated rings. The Kier molecular flexibility index (Phi) is 7.27. The quantitative estimate of drug-likeness (QED) is 0.217. The van der Waals surface area contributed by atoms with Crippen molar-refractivity contribution in [1.29, 1.82) is 0 Å². The van der Waals surface area contributed by atoms with Crippen LogP contribution in [0, 0.1) is 62.1 Å². The molecule has 4 saturated carbocycles. The van der Waals surface area contributed by atoms with Gasteiger partial charge < -0.3 is 10.1 Å². The zero-order valence-corrected chi connectivity index (χ0v) is 27.7. The monoisotopic (exact) mass is 567 g/mol. The van der Waals surface area contributed by atoms with Gasteiger partial charge in [0.1, 0.15) is 0 Å². The van der Waals surface area contributed by atoms with Crippen molar-refractivity contribution >= 4 is 17.7 Å². The maximum Gasteiger partial charge on any atom is 0.312 e. The van der Waals surface area contributed by atoms with Crippen LogP contribution in [0.4, 0.5) is 0 Å². The highest BCUT2D eigenvalue weighted by atomic mass is 16.5. The highest BCUT2D eigenvalue weighted by Gasteiger charge is 2.70. The predicted octanol–water partition coefficient (Wildman–Crippen LogP) is 7.53. The minimum atomic E-state index is -0.581. The van der Waals surface area contributed by atoms with E-state index in [0.717, 1.165) is 51.4 Å². The fourth-order valence-corrected chi connectivity index (χ4v) is 11.4. The number of carbonyl (C=O) groups excluding carboxylic acids is 3. The molecule has 5 aliphatic rings. The number of rotatable bonds is 4. The Bertz CT molecular complexity index is 1150. The van der Waals surface area contributed by atoms with Gasteiger partial charge in [0.05, 0.1) is 18.4 Å². The van der Waals surface area contributed by atoms with Gasteiger partial charge in [-0.1, -0.05) is 74.0 Å². The highest BCUT2D eigenvalue weighted by Crippen LogP contribution is 2.75. The van der Waals surface area contributed by atoms with E-state index in [4.69, 9.17) is 4.74 Å². The molecule has 5 heteroatoms. The molecule has 5 rings (SSSR count). The van der Waals surface area contributed by atoms with E-state index in [1.807, 2.05) is 0 Å². The molecule has 0 aliphatic heterocycles. The molecule has 8 atom stereocenters. The van der Waals surface area contributed by atoms with Gasteiger partial charge in [-0.05, 0) is 103 Å². The molecule has 0 radical (unpaired) electrons. The maximum absolute atomic E-state index is 13.9. The van der Waals surface area contributed by atoms with E-state index < -0.39 is 16.7 Å². The lowest BCUT2D eigenvalue weighted by atomic mass is 9.33. The molecule has 5 aliphatic carbocycles. The van der Waals surface area contributed by atoms with E-state index in [2.05, 4.69) is 73.7 Å². The predicted molar refractivity (Wildman–Crippen MR) is 163 cm³/mol.